The maximum absolute atomic E-state index is 5.75. The summed E-state index contributed by atoms with van der Waals surface area (Å²) in [6.45, 7) is 3.36. The minimum absolute atomic E-state index is 0.447. The van der Waals surface area contributed by atoms with Gasteiger partial charge in [-0.1, -0.05) is 0 Å². The van der Waals surface area contributed by atoms with Crippen LogP contribution in [-0.4, -0.2) is 39.8 Å². The predicted molar refractivity (Wildman–Crippen MR) is 55.2 cm³/mol. The van der Waals surface area contributed by atoms with Gasteiger partial charge in [0, 0.05) is 13.1 Å². The summed E-state index contributed by atoms with van der Waals surface area (Å²) in [5.74, 6) is 2.04. The summed E-state index contributed by atoms with van der Waals surface area (Å²) in [5.41, 5.74) is 0. The average molecular weight is 215 g/mol. The van der Waals surface area contributed by atoms with Crippen molar-refractivity contribution >= 4 is 11.6 Å². The number of hydrogen-bond acceptors (Lipinski definition) is 3. The van der Waals surface area contributed by atoms with E-state index < -0.39 is 0 Å². The standard InChI is InChI=1S/C9H15ClN4/c1-13-3-2-8(5-13)6-14-7-11-12-9(14)4-10/h7-8H,2-6H2,1H3. The lowest BCUT2D eigenvalue weighted by Gasteiger charge is -2.11. The van der Waals surface area contributed by atoms with Crippen LogP contribution in [-0.2, 0) is 12.4 Å². The molecular weight excluding hydrogens is 200 g/mol. The lowest BCUT2D eigenvalue weighted by atomic mass is 10.1. The Bertz CT molecular complexity index is 299. The summed E-state index contributed by atoms with van der Waals surface area (Å²) in [6, 6.07) is 0. The molecule has 5 heteroatoms. The van der Waals surface area contributed by atoms with Gasteiger partial charge in [-0.15, -0.1) is 21.8 Å². The molecule has 1 aliphatic rings. The Labute approximate surface area is 88.9 Å². The maximum Gasteiger partial charge on any atom is 0.147 e. The number of rotatable bonds is 3. The average Bonchev–Trinajstić information content (AvgIpc) is 2.76. The summed E-state index contributed by atoms with van der Waals surface area (Å²) in [5, 5.41) is 7.83. The third-order valence-corrected chi connectivity index (χ3v) is 3.00. The van der Waals surface area contributed by atoms with Crippen LogP contribution in [0.3, 0.4) is 0 Å². The lowest BCUT2D eigenvalue weighted by Crippen LogP contribution is -2.17. The number of aromatic nitrogens is 3. The molecule has 2 heterocycles. The van der Waals surface area contributed by atoms with Crippen LogP contribution in [0.4, 0.5) is 0 Å². The molecular formula is C9H15ClN4. The van der Waals surface area contributed by atoms with Crippen molar-refractivity contribution in [1.82, 2.24) is 19.7 Å². The molecule has 14 heavy (non-hydrogen) atoms. The van der Waals surface area contributed by atoms with Gasteiger partial charge < -0.3 is 9.47 Å². The molecule has 2 rings (SSSR count). The molecule has 78 valence electrons. The van der Waals surface area contributed by atoms with E-state index in [0.29, 0.717) is 5.88 Å². The molecule has 0 amide bonds. The van der Waals surface area contributed by atoms with Crippen LogP contribution < -0.4 is 0 Å². The second-order valence-electron chi connectivity index (χ2n) is 3.95. The van der Waals surface area contributed by atoms with E-state index in [4.69, 9.17) is 11.6 Å². The van der Waals surface area contributed by atoms with Gasteiger partial charge >= 0.3 is 0 Å². The number of alkyl halides is 1. The zero-order valence-corrected chi connectivity index (χ0v) is 9.11. The molecule has 1 aromatic heterocycles. The summed E-state index contributed by atoms with van der Waals surface area (Å²) < 4.78 is 2.07. The number of halogens is 1. The molecule has 0 bridgehead atoms. The van der Waals surface area contributed by atoms with Crippen molar-refractivity contribution < 1.29 is 0 Å². The highest BCUT2D eigenvalue weighted by atomic mass is 35.5. The molecule has 0 N–H and O–H groups in total. The molecule has 1 saturated heterocycles. The molecule has 0 radical (unpaired) electrons. The minimum Gasteiger partial charge on any atom is -0.316 e. The molecule has 4 nitrogen and oxygen atoms in total. The quantitative estimate of drug-likeness (QED) is 0.704. The van der Waals surface area contributed by atoms with Gasteiger partial charge in [0.15, 0.2) is 0 Å². The topological polar surface area (TPSA) is 34.0 Å². The SMILES string of the molecule is CN1CCC(Cn2cnnc2CCl)C1. The van der Waals surface area contributed by atoms with Crippen molar-refractivity contribution in [3.63, 3.8) is 0 Å². The first-order valence-electron chi connectivity index (χ1n) is 4.91. The van der Waals surface area contributed by atoms with Crippen LogP contribution >= 0.6 is 11.6 Å². The van der Waals surface area contributed by atoms with Gasteiger partial charge in [-0.2, -0.15) is 0 Å². The van der Waals surface area contributed by atoms with Crippen LogP contribution in [0.5, 0.6) is 0 Å². The van der Waals surface area contributed by atoms with E-state index in [-0.39, 0.29) is 0 Å². The highest BCUT2D eigenvalue weighted by Gasteiger charge is 2.20. The normalized spacial score (nSPS) is 23.1. The van der Waals surface area contributed by atoms with E-state index in [1.54, 1.807) is 6.33 Å². The third-order valence-electron chi connectivity index (χ3n) is 2.76. The molecule has 1 fully saturated rings. The number of hydrogen-bond donors (Lipinski definition) is 0. The predicted octanol–water partition coefficient (Wildman–Crippen LogP) is 0.969. The number of likely N-dealkylation sites (tertiary alicyclic amines) is 1. The fraction of sp³-hybridized carbons (Fsp3) is 0.778. The van der Waals surface area contributed by atoms with Crippen molar-refractivity contribution in [3.05, 3.63) is 12.2 Å². The van der Waals surface area contributed by atoms with Gasteiger partial charge in [0.05, 0.1) is 5.88 Å². The van der Waals surface area contributed by atoms with Gasteiger partial charge in [0.2, 0.25) is 0 Å². The van der Waals surface area contributed by atoms with Crippen LogP contribution in [0, 0.1) is 5.92 Å². The van der Waals surface area contributed by atoms with Crippen molar-refractivity contribution in [1.29, 1.82) is 0 Å². The minimum atomic E-state index is 0.447. The summed E-state index contributed by atoms with van der Waals surface area (Å²) in [7, 11) is 2.16. The molecule has 1 aromatic rings. The fourth-order valence-corrected chi connectivity index (χ4v) is 2.20. The van der Waals surface area contributed by atoms with Crippen molar-refractivity contribution in [2.24, 2.45) is 5.92 Å². The van der Waals surface area contributed by atoms with E-state index in [2.05, 4.69) is 26.7 Å². The zero-order valence-electron chi connectivity index (χ0n) is 8.36. The van der Waals surface area contributed by atoms with Gasteiger partial charge in [-0.3, -0.25) is 0 Å². The maximum atomic E-state index is 5.75. The summed E-state index contributed by atoms with van der Waals surface area (Å²) >= 11 is 5.75. The third kappa shape index (κ3) is 2.07. The Morgan fingerprint density at radius 1 is 1.64 bits per heavy atom. The zero-order chi connectivity index (χ0) is 9.97. The highest BCUT2D eigenvalue weighted by Crippen LogP contribution is 2.17. The van der Waals surface area contributed by atoms with Gasteiger partial charge in [-0.25, -0.2) is 0 Å². The van der Waals surface area contributed by atoms with Crippen LogP contribution in [0.25, 0.3) is 0 Å². The summed E-state index contributed by atoms with van der Waals surface area (Å²) in [6.07, 6.45) is 3.03. The van der Waals surface area contributed by atoms with E-state index >= 15 is 0 Å². The Morgan fingerprint density at radius 2 is 2.50 bits per heavy atom. The summed E-state index contributed by atoms with van der Waals surface area (Å²) in [4.78, 5) is 2.36. The second-order valence-corrected chi connectivity index (χ2v) is 4.22. The Kier molecular flexibility index (Phi) is 3.03. The van der Waals surface area contributed by atoms with Gasteiger partial charge in [-0.05, 0) is 25.9 Å². The molecule has 1 atom stereocenters. The molecule has 0 spiro atoms. The first-order valence-corrected chi connectivity index (χ1v) is 5.44. The monoisotopic (exact) mass is 214 g/mol. The number of nitrogens with zero attached hydrogens (tertiary/aromatic N) is 4. The highest BCUT2D eigenvalue weighted by molar-refractivity contribution is 6.16. The molecule has 0 aliphatic carbocycles. The lowest BCUT2D eigenvalue weighted by molar-refractivity contribution is 0.376. The van der Waals surface area contributed by atoms with Crippen molar-refractivity contribution in [2.45, 2.75) is 18.8 Å². The van der Waals surface area contributed by atoms with E-state index in [9.17, 15) is 0 Å². The molecule has 0 aromatic carbocycles. The van der Waals surface area contributed by atoms with Crippen molar-refractivity contribution in [2.75, 3.05) is 20.1 Å². The Hall–Kier alpha value is -0.610. The smallest absolute Gasteiger partial charge is 0.147 e. The van der Waals surface area contributed by atoms with E-state index in [1.165, 1.54) is 19.5 Å². The second kappa shape index (κ2) is 4.28. The first kappa shape index (κ1) is 9.93. The van der Waals surface area contributed by atoms with Gasteiger partial charge in [0.25, 0.3) is 0 Å². The van der Waals surface area contributed by atoms with Crippen LogP contribution in [0.15, 0.2) is 6.33 Å². The molecule has 1 aliphatic heterocycles. The van der Waals surface area contributed by atoms with Crippen LogP contribution in [0.2, 0.25) is 0 Å². The van der Waals surface area contributed by atoms with E-state index in [1.807, 2.05) is 0 Å². The Balaban J connectivity index is 1.97. The van der Waals surface area contributed by atoms with E-state index in [0.717, 1.165) is 18.3 Å². The largest absolute Gasteiger partial charge is 0.316 e. The molecule has 0 saturated carbocycles. The Morgan fingerprint density at radius 3 is 3.14 bits per heavy atom. The van der Waals surface area contributed by atoms with Gasteiger partial charge in [0.1, 0.15) is 12.2 Å². The molecule has 1 unspecified atom stereocenters. The first-order chi connectivity index (χ1) is 6.79. The van der Waals surface area contributed by atoms with Crippen LogP contribution in [0.1, 0.15) is 12.2 Å². The van der Waals surface area contributed by atoms with Crippen molar-refractivity contribution in [3.8, 4) is 0 Å². The fourth-order valence-electron chi connectivity index (χ4n) is 1.99.